The molecule has 8 N–H and O–H groups in total. The Labute approximate surface area is 525 Å². The standard InChI is InChI=1S/C65H78N2O24/c1-36(70)66-46-52(50(44(29-68)85-62(46)79-4)80-31-38-17-9-5-10-18-38)87-65-49(73)55(83-34-41-23-15-8-16-24-41)57(59(91-65)61(76)77)89-63-47(67-37(2)71)53(51(45(30-69)86-63)81-32-39-19-11-6-12-20-39)88-64-48(72)54(82-33-40-21-13-7-14-22-40)56(58(90-64)60(74)75)84-35-42-25-27-43(78-3)28-26-42/h5-28,44-59,62-65,68-69,72-73H,29-35H2,1-4H3,(H,66,70)(H,67,71)(H,74,75)(H,76,77)/t44-,45-,46-,47-,48-,49-,50+,51+,52-,53-,54-,55-,56+,57+,58+,59+,62-,63+,64-,65-/m1/s1. The second-order valence-electron chi connectivity index (χ2n) is 22.1. The Morgan fingerprint density at radius 3 is 1.10 bits per heavy atom. The summed E-state index contributed by atoms with van der Waals surface area (Å²) in [4.78, 5) is 53.9. The fraction of sp³-hybridized carbons (Fsp3) is 0.477. The van der Waals surface area contributed by atoms with Gasteiger partial charge in [0.1, 0.15) is 91.1 Å². The summed E-state index contributed by atoms with van der Waals surface area (Å²) in [6, 6.07) is 39.2. The molecule has 2 amide bonds. The van der Waals surface area contributed by atoms with E-state index in [-0.39, 0.29) is 33.0 Å². The highest BCUT2D eigenvalue weighted by molar-refractivity contribution is 5.75. The minimum Gasteiger partial charge on any atom is -0.497 e. The van der Waals surface area contributed by atoms with Crippen LogP contribution < -0.4 is 15.4 Å². The van der Waals surface area contributed by atoms with Crippen molar-refractivity contribution in [3.05, 3.63) is 173 Å². The number of methoxy groups -OCH3 is 2. The van der Waals surface area contributed by atoms with Gasteiger partial charge in [0.25, 0.3) is 0 Å². The average Bonchev–Trinajstić information content (AvgIpc) is 0.786. The number of aliphatic hydroxyl groups is 4. The predicted molar refractivity (Wildman–Crippen MR) is 315 cm³/mol. The van der Waals surface area contributed by atoms with Crippen molar-refractivity contribution in [1.29, 1.82) is 0 Å². The number of amides is 2. The average molecular weight is 1270 g/mol. The number of aliphatic carboxylic acids is 2. The molecule has 4 heterocycles. The number of benzene rings is 5. The van der Waals surface area contributed by atoms with Gasteiger partial charge in [-0.15, -0.1) is 0 Å². The topological polar surface area (TPSA) is 343 Å². The smallest absolute Gasteiger partial charge is 0.335 e. The number of nitrogens with one attached hydrogen (secondary N) is 2. The molecular formula is C65H78N2O24. The SMILES string of the molecule is COc1ccc(CO[C@H]2[C@H](OCc3ccccc3)[C@@H](O)[C@H](O[C@@H]3[C@@H](NC(C)=O)[C@H](O[C@H]4[C@H](OCc5ccccc5)[C@@H](O)[C@H](O[C@@H]5[C@@H](NC(C)=O)[C@H](OC)O[C@H](CO)[C@@H]5OCc5ccccc5)O[C@@H]4C(=O)O)O[C@H](CO)[C@@H]3OCc3ccccc3)O[C@@H]2C(=O)O)cc1. The van der Waals surface area contributed by atoms with Crippen LogP contribution in [0.4, 0.5) is 0 Å². The molecule has 0 spiro atoms. The molecule has 4 saturated heterocycles. The van der Waals surface area contributed by atoms with Gasteiger partial charge in [0, 0.05) is 21.0 Å². The van der Waals surface area contributed by atoms with E-state index in [1.54, 1.807) is 146 Å². The van der Waals surface area contributed by atoms with Gasteiger partial charge in [0.05, 0.1) is 53.4 Å². The molecule has 20 atom stereocenters. The van der Waals surface area contributed by atoms with E-state index < -0.39 is 160 Å². The summed E-state index contributed by atoms with van der Waals surface area (Å²) in [5.74, 6) is -3.97. The van der Waals surface area contributed by atoms with Crippen molar-refractivity contribution in [3.8, 4) is 5.75 Å². The van der Waals surface area contributed by atoms with Crippen LogP contribution in [0.5, 0.6) is 5.75 Å². The molecule has 0 unspecified atom stereocenters. The number of carboxylic acids is 2. The quantitative estimate of drug-likeness (QED) is 0.0341. The molecule has 5 aromatic carbocycles. The van der Waals surface area contributed by atoms with Gasteiger partial charge in [-0.3, -0.25) is 9.59 Å². The van der Waals surface area contributed by atoms with Crippen molar-refractivity contribution in [1.82, 2.24) is 10.6 Å². The Morgan fingerprint density at radius 2 is 0.736 bits per heavy atom. The first-order valence-corrected chi connectivity index (χ1v) is 29.6. The van der Waals surface area contributed by atoms with E-state index in [0.717, 1.165) is 6.92 Å². The molecule has 0 saturated carbocycles. The summed E-state index contributed by atoms with van der Waals surface area (Å²) in [6.07, 6.45) is -30.3. The fourth-order valence-electron chi connectivity index (χ4n) is 11.4. The lowest BCUT2D eigenvalue weighted by atomic mass is 9.93. The van der Waals surface area contributed by atoms with Gasteiger partial charge in [-0.25, -0.2) is 9.59 Å². The number of carboxylic acid groups (broad SMARTS) is 2. The largest absolute Gasteiger partial charge is 0.497 e. The van der Waals surface area contributed by atoms with E-state index in [0.29, 0.717) is 33.6 Å². The number of carbonyl (C=O) groups is 4. The van der Waals surface area contributed by atoms with Crippen molar-refractivity contribution < 1.29 is 116 Å². The van der Waals surface area contributed by atoms with Gasteiger partial charge < -0.3 is 108 Å². The van der Waals surface area contributed by atoms with Crippen LogP contribution in [0.2, 0.25) is 0 Å². The van der Waals surface area contributed by atoms with Gasteiger partial charge in [-0.05, 0) is 39.9 Å². The Balaban J connectivity index is 1.08. The number of hydrogen-bond acceptors (Lipinski definition) is 22. The van der Waals surface area contributed by atoms with Crippen molar-refractivity contribution in [2.75, 3.05) is 27.4 Å². The Morgan fingerprint density at radius 1 is 0.407 bits per heavy atom. The van der Waals surface area contributed by atoms with Crippen LogP contribution in [0.25, 0.3) is 0 Å². The molecule has 4 aliphatic heterocycles. The number of hydrogen-bond donors (Lipinski definition) is 8. The molecule has 0 radical (unpaired) electrons. The predicted octanol–water partition coefficient (Wildman–Crippen LogP) is 2.51. The highest BCUT2D eigenvalue weighted by atomic mass is 16.8. The number of carbonyl (C=O) groups excluding carboxylic acids is 2. The third kappa shape index (κ3) is 17.6. The van der Waals surface area contributed by atoms with Crippen LogP contribution in [0.3, 0.4) is 0 Å². The Bertz CT molecular complexity index is 3050. The number of aliphatic hydroxyl groups excluding tert-OH is 4. The van der Waals surface area contributed by atoms with Crippen molar-refractivity contribution in [2.45, 2.75) is 170 Å². The van der Waals surface area contributed by atoms with E-state index in [9.17, 15) is 49.8 Å². The summed E-state index contributed by atoms with van der Waals surface area (Å²) in [5.41, 5.74) is 3.16. The lowest BCUT2D eigenvalue weighted by molar-refractivity contribution is -0.376. The van der Waals surface area contributed by atoms with Gasteiger partial charge >= 0.3 is 11.9 Å². The Hall–Kier alpha value is -6.90. The normalized spacial score (nSPS) is 31.6. The monoisotopic (exact) mass is 1270 g/mol. The highest BCUT2D eigenvalue weighted by Gasteiger charge is 2.59. The van der Waals surface area contributed by atoms with Crippen LogP contribution in [-0.4, -0.2) is 205 Å². The zero-order chi connectivity index (χ0) is 64.6. The van der Waals surface area contributed by atoms with Crippen molar-refractivity contribution in [3.63, 3.8) is 0 Å². The van der Waals surface area contributed by atoms with Gasteiger partial charge in [0.2, 0.25) is 11.8 Å². The number of ether oxygens (including phenoxy) is 14. The lowest BCUT2D eigenvalue weighted by Gasteiger charge is -2.51. The van der Waals surface area contributed by atoms with Crippen LogP contribution >= 0.6 is 0 Å². The molecule has 9 rings (SSSR count). The minimum absolute atomic E-state index is 0.0658. The first kappa shape index (κ1) is 68.5. The molecule has 0 aliphatic carbocycles. The van der Waals surface area contributed by atoms with Crippen LogP contribution in [0, 0.1) is 0 Å². The maximum atomic E-state index is 13.9. The molecule has 4 aliphatic rings. The molecule has 26 heteroatoms. The molecular weight excluding hydrogens is 1190 g/mol. The lowest BCUT2D eigenvalue weighted by Crippen LogP contribution is -2.71. The first-order chi connectivity index (χ1) is 44.1. The van der Waals surface area contributed by atoms with E-state index in [1.807, 2.05) is 0 Å². The first-order valence-electron chi connectivity index (χ1n) is 29.6. The zero-order valence-corrected chi connectivity index (χ0v) is 50.4. The van der Waals surface area contributed by atoms with Crippen molar-refractivity contribution in [2.24, 2.45) is 0 Å². The second-order valence-corrected chi connectivity index (χ2v) is 22.1. The highest BCUT2D eigenvalue weighted by Crippen LogP contribution is 2.39. The van der Waals surface area contributed by atoms with Crippen LogP contribution in [0.1, 0.15) is 41.7 Å². The van der Waals surface area contributed by atoms with E-state index in [2.05, 4.69) is 10.6 Å². The van der Waals surface area contributed by atoms with E-state index in [1.165, 1.54) is 21.1 Å². The Kier molecular flexibility index (Phi) is 24.9. The molecule has 492 valence electrons. The molecule has 5 aromatic rings. The molecule has 26 nitrogen and oxygen atoms in total. The van der Waals surface area contributed by atoms with E-state index >= 15 is 0 Å². The molecule has 91 heavy (non-hydrogen) atoms. The second kappa shape index (κ2) is 33.1. The van der Waals surface area contributed by atoms with Crippen molar-refractivity contribution >= 4 is 23.8 Å². The third-order valence-electron chi connectivity index (χ3n) is 15.8. The molecule has 0 bridgehead atoms. The molecule has 0 aromatic heterocycles. The third-order valence-corrected chi connectivity index (χ3v) is 15.8. The summed E-state index contributed by atoms with van der Waals surface area (Å²) >= 11 is 0. The summed E-state index contributed by atoms with van der Waals surface area (Å²) in [6.45, 7) is 0.0316. The summed E-state index contributed by atoms with van der Waals surface area (Å²) in [5, 5.41) is 75.0. The summed E-state index contributed by atoms with van der Waals surface area (Å²) < 4.78 is 88.1. The fourth-order valence-corrected chi connectivity index (χ4v) is 11.4. The van der Waals surface area contributed by atoms with Gasteiger partial charge in [-0.1, -0.05) is 133 Å². The zero-order valence-electron chi connectivity index (χ0n) is 50.4. The van der Waals surface area contributed by atoms with Gasteiger partial charge in [-0.2, -0.15) is 0 Å². The van der Waals surface area contributed by atoms with Crippen LogP contribution in [-0.2, 0) is 114 Å². The number of rotatable bonds is 29. The maximum absolute atomic E-state index is 13.9. The molecule has 4 fully saturated rings. The summed E-state index contributed by atoms with van der Waals surface area (Å²) in [7, 11) is 2.80. The van der Waals surface area contributed by atoms with E-state index in [4.69, 9.17) is 66.3 Å². The maximum Gasteiger partial charge on any atom is 0.335 e. The van der Waals surface area contributed by atoms with Crippen LogP contribution in [0.15, 0.2) is 146 Å². The van der Waals surface area contributed by atoms with Gasteiger partial charge in [0.15, 0.2) is 37.4 Å². The minimum atomic E-state index is -2.17.